The Kier molecular flexibility index (Phi) is 8.72. The zero-order valence-corrected chi connectivity index (χ0v) is 19.9. The Hall–Kier alpha value is -2.59. The van der Waals surface area contributed by atoms with E-state index in [9.17, 15) is 0 Å². The van der Waals surface area contributed by atoms with Crippen LogP contribution in [0.1, 0.15) is 11.3 Å². The van der Waals surface area contributed by atoms with Gasteiger partial charge in [0.1, 0.15) is 6.26 Å². The number of guanidine groups is 1. The molecule has 0 bridgehead atoms. The molecule has 31 heavy (non-hydrogen) atoms. The zero-order valence-electron chi connectivity index (χ0n) is 17.6. The Labute approximate surface area is 199 Å². The van der Waals surface area contributed by atoms with Crippen LogP contribution in [0.2, 0.25) is 0 Å². The molecule has 7 nitrogen and oxygen atoms in total. The van der Waals surface area contributed by atoms with E-state index in [4.69, 9.17) is 9.15 Å². The number of ether oxygens (including phenoxy) is 1. The van der Waals surface area contributed by atoms with Gasteiger partial charge in [0.25, 0.3) is 0 Å². The predicted octanol–water partition coefficient (Wildman–Crippen LogP) is 3.66. The predicted molar refractivity (Wildman–Crippen MR) is 134 cm³/mol. The molecule has 0 aliphatic carbocycles. The first-order chi connectivity index (χ1) is 14.8. The maximum atomic E-state index is 5.58. The Balaban J connectivity index is 0.00000272. The van der Waals surface area contributed by atoms with Crippen molar-refractivity contribution >= 4 is 35.6 Å². The van der Waals surface area contributed by atoms with Gasteiger partial charge in [-0.3, -0.25) is 4.99 Å². The number of nitrogens with one attached hydrogen (secondary N) is 2. The summed E-state index contributed by atoms with van der Waals surface area (Å²) in [6.45, 7) is 4.71. The quantitative estimate of drug-likeness (QED) is 0.286. The van der Waals surface area contributed by atoms with E-state index >= 15 is 0 Å². The molecular weight excluding hydrogens is 505 g/mol. The molecular formula is C23H28IN5O2. The van der Waals surface area contributed by atoms with Crippen LogP contribution in [0, 0.1) is 0 Å². The van der Waals surface area contributed by atoms with E-state index in [1.807, 2.05) is 30.3 Å². The second-order valence-electron chi connectivity index (χ2n) is 7.06. The molecule has 0 spiro atoms. The van der Waals surface area contributed by atoms with Crippen LogP contribution in [0.15, 0.2) is 70.3 Å². The second-order valence-corrected chi connectivity index (χ2v) is 7.06. The highest BCUT2D eigenvalue weighted by Crippen LogP contribution is 2.18. The van der Waals surface area contributed by atoms with Crippen molar-refractivity contribution in [1.82, 2.24) is 15.6 Å². The number of hydrogen-bond acceptors (Lipinski definition) is 5. The molecule has 2 aromatic carbocycles. The van der Waals surface area contributed by atoms with Crippen LogP contribution in [0.4, 0.5) is 5.69 Å². The van der Waals surface area contributed by atoms with Crippen LogP contribution >= 0.6 is 24.0 Å². The lowest BCUT2D eigenvalue weighted by Gasteiger charge is -2.28. The van der Waals surface area contributed by atoms with Gasteiger partial charge in [-0.2, -0.15) is 0 Å². The summed E-state index contributed by atoms with van der Waals surface area (Å²) >= 11 is 0. The number of aromatic nitrogens is 1. The number of oxazole rings is 1. The Morgan fingerprint density at radius 1 is 1.00 bits per heavy atom. The number of halogens is 1. The molecule has 0 atom stereocenters. The Morgan fingerprint density at radius 3 is 2.42 bits per heavy atom. The Morgan fingerprint density at radius 2 is 1.71 bits per heavy atom. The van der Waals surface area contributed by atoms with Crippen LogP contribution in [0.3, 0.4) is 0 Å². The molecule has 2 heterocycles. The maximum Gasteiger partial charge on any atom is 0.226 e. The van der Waals surface area contributed by atoms with Crippen molar-refractivity contribution in [3.63, 3.8) is 0 Å². The minimum Gasteiger partial charge on any atom is -0.444 e. The lowest BCUT2D eigenvalue weighted by Crippen LogP contribution is -2.36. The standard InChI is InChI=1S/C23H27N5O2.HI/c1-24-23(26-16-20-17-30-22(27-20)19-5-3-2-4-6-19)25-15-18-7-9-21(10-8-18)28-11-13-29-14-12-28;/h2-10,17H,11-16H2,1H3,(H2,24,25,26);1H. The molecule has 1 saturated heterocycles. The van der Waals surface area contributed by atoms with E-state index < -0.39 is 0 Å². The van der Waals surface area contributed by atoms with Gasteiger partial charge in [-0.15, -0.1) is 24.0 Å². The average Bonchev–Trinajstić information content (AvgIpc) is 3.30. The monoisotopic (exact) mass is 533 g/mol. The van der Waals surface area contributed by atoms with Crippen molar-refractivity contribution < 1.29 is 9.15 Å². The van der Waals surface area contributed by atoms with Gasteiger partial charge in [0.05, 0.1) is 25.5 Å². The molecule has 0 unspecified atom stereocenters. The SMILES string of the molecule is CN=C(NCc1ccc(N2CCOCC2)cc1)NCc1coc(-c2ccccc2)n1.I. The third kappa shape index (κ3) is 6.44. The van der Waals surface area contributed by atoms with E-state index in [-0.39, 0.29) is 24.0 Å². The lowest BCUT2D eigenvalue weighted by molar-refractivity contribution is 0.122. The van der Waals surface area contributed by atoms with E-state index in [0.717, 1.165) is 43.5 Å². The summed E-state index contributed by atoms with van der Waals surface area (Å²) < 4.78 is 11.0. The molecule has 164 valence electrons. The van der Waals surface area contributed by atoms with Crippen LogP contribution in [-0.2, 0) is 17.8 Å². The molecule has 0 amide bonds. The summed E-state index contributed by atoms with van der Waals surface area (Å²) in [5.74, 6) is 1.34. The topological polar surface area (TPSA) is 74.9 Å². The van der Waals surface area contributed by atoms with Crippen LogP contribution in [0.5, 0.6) is 0 Å². The van der Waals surface area contributed by atoms with Crippen LogP contribution < -0.4 is 15.5 Å². The van der Waals surface area contributed by atoms with Gasteiger partial charge in [0, 0.05) is 37.9 Å². The highest BCUT2D eigenvalue weighted by molar-refractivity contribution is 14.0. The first-order valence-electron chi connectivity index (χ1n) is 10.2. The zero-order chi connectivity index (χ0) is 20.6. The first kappa shape index (κ1) is 23.1. The van der Waals surface area contributed by atoms with Crippen molar-refractivity contribution in [1.29, 1.82) is 0 Å². The fourth-order valence-corrected chi connectivity index (χ4v) is 3.33. The molecule has 3 aromatic rings. The number of hydrogen-bond donors (Lipinski definition) is 2. The van der Waals surface area contributed by atoms with Crippen molar-refractivity contribution in [2.45, 2.75) is 13.1 Å². The molecule has 1 fully saturated rings. The molecule has 8 heteroatoms. The van der Waals surface area contributed by atoms with E-state index in [1.165, 1.54) is 11.3 Å². The largest absolute Gasteiger partial charge is 0.444 e. The average molecular weight is 533 g/mol. The molecule has 0 saturated carbocycles. The van der Waals surface area contributed by atoms with Gasteiger partial charge in [-0.05, 0) is 29.8 Å². The van der Waals surface area contributed by atoms with Crippen LogP contribution in [0.25, 0.3) is 11.5 Å². The second kappa shape index (κ2) is 11.7. The fourth-order valence-electron chi connectivity index (χ4n) is 3.33. The van der Waals surface area contributed by atoms with Gasteiger partial charge in [-0.25, -0.2) is 4.98 Å². The normalized spacial score (nSPS) is 14.1. The van der Waals surface area contributed by atoms with E-state index in [2.05, 4.69) is 49.8 Å². The Bertz CT molecular complexity index is 954. The highest BCUT2D eigenvalue weighted by Gasteiger charge is 2.11. The van der Waals surface area contributed by atoms with Crippen molar-refractivity contribution in [3.8, 4) is 11.5 Å². The fraction of sp³-hybridized carbons (Fsp3) is 0.304. The summed E-state index contributed by atoms with van der Waals surface area (Å²) in [7, 11) is 1.76. The van der Waals surface area contributed by atoms with Gasteiger partial charge >= 0.3 is 0 Å². The van der Waals surface area contributed by atoms with Gasteiger partial charge in [0.15, 0.2) is 5.96 Å². The van der Waals surface area contributed by atoms with E-state index in [0.29, 0.717) is 19.0 Å². The van der Waals surface area contributed by atoms with Crippen molar-refractivity contribution in [2.75, 3.05) is 38.3 Å². The van der Waals surface area contributed by atoms with Crippen molar-refractivity contribution in [2.24, 2.45) is 4.99 Å². The summed E-state index contributed by atoms with van der Waals surface area (Å²) in [4.78, 5) is 11.2. The van der Waals surface area contributed by atoms with Gasteiger partial charge < -0.3 is 24.7 Å². The summed E-state index contributed by atoms with van der Waals surface area (Å²) in [5, 5.41) is 6.62. The molecule has 1 aliphatic rings. The highest BCUT2D eigenvalue weighted by atomic mass is 127. The lowest BCUT2D eigenvalue weighted by atomic mass is 10.2. The summed E-state index contributed by atoms with van der Waals surface area (Å²) in [6, 6.07) is 18.5. The number of anilines is 1. The summed E-state index contributed by atoms with van der Waals surface area (Å²) in [5.41, 5.74) is 4.23. The third-order valence-electron chi connectivity index (χ3n) is 5.01. The summed E-state index contributed by atoms with van der Waals surface area (Å²) in [6.07, 6.45) is 1.67. The van der Waals surface area contributed by atoms with Gasteiger partial charge in [-0.1, -0.05) is 30.3 Å². The minimum absolute atomic E-state index is 0. The number of benzene rings is 2. The molecule has 1 aliphatic heterocycles. The molecule has 2 N–H and O–H groups in total. The molecule has 4 rings (SSSR count). The number of morpholine rings is 1. The number of aliphatic imine (C=N–C) groups is 1. The first-order valence-corrected chi connectivity index (χ1v) is 10.2. The van der Waals surface area contributed by atoms with Gasteiger partial charge in [0.2, 0.25) is 5.89 Å². The van der Waals surface area contributed by atoms with E-state index in [1.54, 1.807) is 13.3 Å². The number of nitrogens with zero attached hydrogens (tertiary/aromatic N) is 3. The number of rotatable bonds is 6. The molecule has 1 aromatic heterocycles. The smallest absolute Gasteiger partial charge is 0.226 e. The molecule has 0 radical (unpaired) electrons. The third-order valence-corrected chi connectivity index (χ3v) is 5.01. The van der Waals surface area contributed by atoms with Crippen LogP contribution in [-0.4, -0.2) is 44.3 Å². The minimum atomic E-state index is 0. The van der Waals surface area contributed by atoms with Crippen molar-refractivity contribution in [3.05, 3.63) is 72.1 Å². The maximum absolute atomic E-state index is 5.58.